The highest BCUT2D eigenvalue weighted by Crippen LogP contribution is 2.18. The van der Waals surface area contributed by atoms with Crippen LogP contribution in [0.25, 0.3) is 0 Å². The van der Waals surface area contributed by atoms with Crippen LogP contribution in [0.3, 0.4) is 0 Å². The Morgan fingerprint density at radius 1 is 0.704 bits per heavy atom. The van der Waals surface area contributed by atoms with E-state index in [4.69, 9.17) is 0 Å². The highest BCUT2D eigenvalue weighted by Gasteiger charge is 2.13. The van der Waals surface area contributed by atoms with E-state index in [1.165, 1.54) is 69.9 Å². The third-order valence-corrected chi connectivity index (χ3v) is 5.24. The topological polar surface area (TPSA) is 15.3 Å². The molecule has 27 heavy (non-hydrogen) atoms. The molecule has 0 aromatic heterocycles. The Kier molecular flexibility index (Phi) is 11.4. The summed E-state index contributed by atoms with van der Waals surface area (Å²) in [5, 5.41) is 2.32. The smallest absolute Gasteiger partial charge is 0.0519 e. The predicted molar refractivity (Wildman–Crippen MR) is 119 cm³/mol. The highest BCUT2D eigenvalue weighted by atomic mass is 15.5. The molecular weight excluding hydrogens is 328 g/mol. The zero-order valence-electron chi connectivity index (χ0n) is 17.2. The molecule has 148 valence electrons. The van der Waals surface area contributed by atoms with E-state index in [2.05, 4.69) is 78.1 Å². The fourth-order valence-corrected chi connectivity index (χ4v) is 3.68. The van der Waals surface area contributed by atoms with Crippen molar-refractivity contribution in [1.82, 2.24) is 10.4 Å². The Hall–Kier alpha value is -1.80. The van der Waals surface area contributed by atoms with Gasteiger partial charge in [0, 0.05) is 12.6 Å². The van der Waals surface area contributed by atoms with E-state index in [9.17, 15) is 0 Å². The summed E-state index contributed by atoms with van der Waals surface area (Å²) in [5.41, 5.74) is 5.06. The lowest BCUT2D eigenvalue weighted by Crippen LogP contribution is -2.43. The van der Waals surface area contributed by atoms with Crippen molar-refractivity contribution in [3.63, 3.8) is 0 Å². The molecule has 0 bridgehead atoms. The van der Waals surface area contributed by atoms with Crippen LogP contribution in [-0.2, 0) is 0 Å². The first-order valence-corrected chi connectivity index (χ1v) is 11.0. The summed E-state index contributed by atoms with van der Waals surface area (Å²) < 4.78 is 0. The molecule has 0 aromatic rings. The van der Waals surface area contributed by atoms with Gasteiger partial charge in [-0.2, -0.15) is 0 Å². The summed E-state index contributed by atoms with van der Waals surface area (Å²) >= 11 is 0. The van der Waals surface area contributed by atoms with Crippen LogP contribution < -0.4 is 5.43 Å². The lowest BCUT2D eigenvalue weighted by Gasteiger charge is -2.31. The average molecular weight is 367 g/mol. The van der Waals surface area contributed by atoms with Gasteiger partial charge in [0.2, 0.25) is 0 Å². The first-order chi connectivity index (χ1) is 13.4. The first kappa shape index (κ1) is 21.5. The van der Waals surface area contributed by atoms with Crippen LogP contribution in [0.5, 0.6) is 0 Å². The lowest BCUT2D eigenvalue weighted by molar-refractivity contribution is 0.205. The van der Waals surface area contributed by atoms with E-state index in [0.29, 0.717) is 6.04 Å². The van der Waals surface area contributed by atoms with Crippen LogP contribution in [0.15, 0.2) is 72.5 Å². The molecule has 0 heterocycles. The van der Waals surface area contributed by atoms with Gasteiger partial charge in [-0.15, -0.1) is 0 Å². The molecule has 0 spiro atoms. The van der Waals surface area contributed by atoms with Crippen molar-refractivity contribution in [1.29, 1.82) is 0 Å². The number of nitrogens with zero attached hydrogens (tertiary/aromatic N) is 1. The predicted octanol–water partition coefficient (Wildman–Crippen LogP) is 6.77. The van der Waals surface area contributed by atoms with Crippen LogP contribution in [-0.4, -0.2) is 17.6 Å². The van der Waals surface area contributed by atoms with Gasteiger partial charge < -0.3 is 5.01 Å². The van der Waals surface area contributed by atoms with Crippen LogP contribution in [0.4, 0.5) is 0 Å². The van der Waals surface area contributed by atoms with E-state index in [1.807, 2.05) is 6.08 Å². The van der Waals surface area contributed by atoms with Gasteiger partial charge in [-0.25, -0.2) is 5.43 Å². The number of rotatable bonds is 4. The summed E-state index contributed by atoms with van der Waals surface area (Å²) in [5.74, 6) is 0. The van der Waals surface area contributed by atoms with Crippen molar-refractivity contribution in [3.05, 3.63) is 72.5 Å². The number of likely N-dealkylation sites (N-methyl/N-ethyl adjacent to an activating group) is 1. The largest absolute Gasteiger partial charge is 0.308 e. The Bertz CT molecular complexity index is 551. The van der Waals surface area contributed by atoms with E-state index in [1.54, 1.807) is 0 Å². The minimum Gasteiger partial charge on any atom is -0.308 e. The van der Waals surface area contributed by atoms with Gasteiger partial charge in [-0.05, 0) is 31.9 Å². The molecule has 0 amide bonds. The minimum absolute atomic E-state index is 0.584. The number of hydrazine groups is 1. The molecule has 0 saturated heterocycles. The minimum atomic E-state index is 0.584. The second-order valence-electron chi connectivity index (χ2n) is 7.47. The second-order valence-corrected chi connectivity index (χ2v) is 7.47. The molecule has 1 fully saturated rings. The SMILES string of the molecule is CCN(NC1CCCCCCCCCC1)C1=C\C=C/C=C\C=C/C=C\C=C1. The number of nitrogens with one attached hydrogen (secondary N) is 1. The van der Waals surface area contributed by atoms with E-state index < -0.39 is 0 Å². The van der Waals surface area contributed by atoms with E-state index >= 15 is 0 Å². The molecule has 0 aromatic carbocycles. The van der Waals surface area contributed by atoms with Crippen molar-refractivity contribution in [2.75, 3.05) is 6.54 Å². The van der Waals surface area contributed by atoms with Crippen LogP contribution in [0, 0.1) is 0 Å². The number of hydrogen-bond acceptors (Lipinski definition) is 2. The average Bonchev–Trinajstić information content (AvgIpc) is 2.73. The molecule has 2 rings (SSSR count). The molecule has 0 unspecified atom stereocenters. The van der Waals surface area contributed by atoms with Crippen LogP contribution in [0.2, 0.25) is 0 Å². The Balaban J connectivity index is 2.04. The van der Waals surface area contributed by atoms with Gasteiger partial charge >= 0.3 is 0 Å². The van der Waals surface area contributed by atoms with Gasteiger partial charge in [0.05, 0.1) is 5.70 Å². The quantitative estimate of drug-likeness (QED) is 0.552. The monoisotopic (exact) mass is 366 g/mol. The zero-order chi connectivity index (χ0) is 19.0. The number of hydrogen-bond donors (Lipinski definition) is 1. The highest BCUT2D eigenvalue weighted by molar-refractivity contribution is 5.29. The molecule has 2 aliphatic rings. The Morgan fingerprint density at radius 3 is 1.74 bits per heavy atom. The maximum absolute atomic E-state index is 3.85. The summed E-state index contributed by atoms with van der Waals surface area (Å²) in [7, 11) is 0. The summed E-state index contributed by atoms with van der Waals surface area (Å²) in [4.78, 5) is 0. The molecule has 1 N–H and O–H groups in total. The van der Waals surface area contributed by atoms with Crippen LogP contribution >= 0.6 is 0 Å². The van der Waals surface area contributed by atoms with Crippen molar-refractivity contribution < 1.29 is 0 Å². The zero-order valence-corrected chi connectivity index (χ0v) is 17.2. The van der Waals surface area contributed by atoms with Gasteiger partial charge in [0.15, 0.2) is 0 Å². The summed E-state index contributed by atoms with van der Waals surface area (Å²) in [6.07, 6.45) is 36.8. The maximum atomic E-state index is 3.85. The summed E-state index contributed by atoms with van der Waals surface area (Å²) in [6, 6.07) is 0.584. The molecule has 0 atom stereocenters. The molecular formula is C25H38N2. The second kappa shape index (κ2) is 14.3. The van der Waals surface area contributed by atoms with Gasteiger partial charge in [0.25, 0.3) is 0 Å². The fourth-order valence-electron chi connectivity index (χ4n) is 3.68. The van der Waals surface area contributed by atoms with Crippen molar-refractivity contribution in [2.24, 2.45) is 0 Å². The van der Waals surface area contributed by atoms with Crippen molar-refractivity contribution >= 4 is 0 Å². The maximum Gasteiger partial charge on any atom is 0.0519 e. The summed E-state index contributed by atoms with van der Waals surface area (Å²) in [6.45, 7) is 3.19. The molecule has 0 radical (unpaired) electrons. The molecule has 2 heteroatoms. The Labute approximate surface area is 167 Å². The molecule has 0 aliphatic heterocycles. The third kappa shape index (κ3) is 9.63. The van der Waals surface area contributed by atoms with Crippen LogP contribution in [0.1, 0.15) is 71.1 Å². The standard InChI is InChI=1S/C25H38N2/c1-2-27(25-22-18-14-10-4-3-5-11-15-19-23-25)26-24-20-16-12-8-6-7-9-13-17-21-24/h3-5,10-11,14-15,18-19,22-24,26H,2,6-9,12-13,16-17,20-21H2,1H3/b4-3-,5-3?,10-4?,11-5-,14-10-,15-11?,18-14?,19-15-,22-18?,23-19?,25-22?,25-23?. The van der Waals surface area contributed by atoms with E-state index in [-0.39, 0.29) is 0 Å². The van der Waals surface area contributed by atoms with Gasteiger partial charge in [-0.3, -0.25) is 0 Å². The fraction of sp³-hybridized carbons (Fsp3) is 0.520. The lowest BCUT2D eigenvalue weighted by atomic mass is 10.0. The molecule has 2 nitrogen and oxygen atoms in total. The van der Waals surface area contributed by atoms with Gasteiger partial charge in [-0.1, -0.05) is 106 Å². The molecule has 2 aliphatic carbocycles. The third-order valence-electron chi connectivity index (χ3n) is 5.24. The van der Waals surface area contributed by atoms with Crippen molar-refractivity contribution in [2.45, 2.75) is 77.2 Å². The number of allylic oxidation sites excluding steroid dienone is 11. The van der Waals surface area contributed by atoms with Gasteiger partial charge in [0.1, 0.15) is 0 Å². The Morgan fingerprint density at radius 2 is 1.19 bits per heavy atom. The first-order valence-electron chi connectivity index (χ1n) is 11.0. The van der Waals surface area contributed by atoms with Crippen molar-refractivity contribution in [3.8, 4) is 0 Å². The van der Waals surface area contributed by atoms with E-state index in [0.717, 1.165) is 6.54 Å². The normalized spacial score (nSPS) is 25.1. The molecule has 1 saturated carbocycles.